The molecule has 0 radical (unpaired) electrons. The highest BCUT2D eigenvalue weighted by Gasteiger charge is 2.16. The summed E-state index contributed by atoms with van der Waals surface area (Å²) in [5.41, 5.74) is 1.36. The summed E-state index contributed by atoms with van der Waals surface area (Å²) in [7, 11) is 0. The molecule has 0 aliphatic heterocycles. The molecule has 1 aliphatic rings. The first kappa shape index (κ1) is 27.3. The Bertz CT molecular complexity index is 582. The SMILES string of the molecule is CC.CCC(CC(C)C)c1ccc(OC(C)OCCOC(=O)NC2CCCCC2)cc1. The Balaban J connectivity index is 0.00000233. The molecule has 1 aromatic rings. The van der Waals surface area contributed by atoms with Gasteiger partial charge >= 0.3 is 6.09 Å². The van der Waals surface area contributed by atoms with Gasteiger partial charge in [0.05, 0.1) is 6.61 Å². The van der Waals surface area contributed by atoms with Gasteiger partial charge in [-0.2, -0.15) is 0 Å². The third-order valence-electron chi connectivity index (χ3n) is 5.50. The Morgan fingerprint density at radius 2 is 1.68 bits per heavy atom. The number of hydrogen-bond donors (Lipinski definition) is 1. The van der Waals surface area contributed by atoms with Crippen molar-refractivity contribution in [3.05, 3.63) is 29.8 Å². The fourth-order valence-electron chi connectivity index (χ4n) is 3.96. The number of carbonyl (C=O) groups excluding carboxylic acids is 1. The first-order chi connectivity index (χ1) is 15.0. The molecule has 0 saturated heterocycles. The Hall–Kier alpha value is -1.75. The predicted octanol–water partition coefficient (Wildman–Crippen LogP) is 7.05. The largest absolute Gasteiger partial charge is 0.465 e. The van der Waals surface area contributed by atoms with Gasteiger partial charge in [0, 0.05) is 6.04 Å². The van der Waals surface area contributed by atoms with Gasteiger partial charge in [-0.25, -0.2) is 4.79 Å². The number of amides is 1. The summed E-state index contributed by atoms with van der Waals surface area (Å²) in [6.45, 7) is 13.2. The molecule has 178 valence electrons. The second-order valence-electron chi connectivity index (χ2n) is 8.48. The van der Waals surface area contributed by atoms with Crippen molar-refractivity contribution >= 4 is 6.09 Å². The molecule has 1 fully saturated rings. The Morgan fingerprint density at radius 3 is 2.26 bits per heavy atom. The van der Waals surface area contributed by atoms with Gasteiger partial charge in [0.2, 0.25) is 0 Å². The standard InChI is InChI=1S/C24H39NO4.C2H6/c1-5-20(17-18(2)3)21-11-13-23(14-12-21)29-19(4)27-15-16-28-24(26)25-22-9-7-6-8-10-22;1-2/h11-14,18-20,22H,5-10,15-17H2,1-4H3,(H,25,26);1-2H3. The smallest absolute Gasteiger partial charge is 0.407 e. The number of rotatable bonds is 11. The molecular weight excluding hydrogens is 390 g/mol. The molecule has 1 N–H and O–H groups in total. The predicted molar refractivity (Wildman–Crippen MR) is 128 cm³/mol. The van der Waals surface area contributed by atoms with Gasteiger partial charge in [0.1, 0.15) is 12.4 Å². The van der Waals surface area contributed by atoms with Gasteiger partial charge in [-0.1, -0.05) is 66.0 Å². The number of nitrogens with one attached hydrogen (secondary N) is 1. The zero-order chi connectivity index (χ0) is 23.1. The van der Waals surface area contributed by atoms with E-state index in [1.807, 2.05) is 32.9 Å². The van der Waals surface area contributed by atoms with Gasteiger partial charge in [-0.05, 0) is 62.1 Å². The van der Waals surface area contributed by atoms with Crippen LogP contribution in [0, 0.1) is 5.92 Å². The molecule has 1 saturated carbocycles. The van der Waals surface area contributed by atoms with Crippen LogP contribution in [0.4, 0.5) is 4.79 Å². The highest BCUT2D eigenvalue weighted by Crippen LogP contribution is 2.28. The highest BCUT2D eigenvalue weighted by molar-refractivity contribution is 5.67. The van der Waals surface area contributed by atoms with Crippen molar-refractivity contribution in [3.8, 4) is 5.75 Å². The quantitative estimate of drug-likeness (QED) is 0.299. The molecule has 1 aliphatic carbocycles. The van der Waals surface area contributed by atoms with Crippen LogP contribution in [0.2, 0.25) is 0 Å². The number of hydrogen-bond acceptors (Lipinski definition) is 4. The molecular formula is C26H45NO4. The van der Waals surface area contributed by atoms with E-state index in [4.69, 9.17) is 14.2 Å². The van der Waals surface area contributed by atoms with E-state index < -0.39 is 6.29 Å². The minimum Gasteiger partial charge on any atom is -0.465 e. The van der Waals surface area contributed by atoms with Crippen LogP contribution in [0.5, 0.6) is 5.75 Å². The maximum atomic E-state index is 11.8. The lowest BCUT2D eigenvalue weighted by Gasteiger charge is -2.22. The molecule has 1 aromatic carbocycles. The summed E-state index contributed by atoms with van der Waals surface area (Å²) < 4.78 is 16.6. The Morgan fingerprint density at radius 1 is 1.03 bits per heavy atom. The second kappa shape index (κ2) is 16.0. The molecule has 0 aromatic heterocycles. The van der Waals surface area contributed by atoms with E-state index in [9.17, 15) is 4.79 Å². The van der Waals surface area contributed by atoms with E-state index in [-0.39, 0.29) is 18.7 Å². The van der Waals surface area contributed by atoms with E-state index in [2.05, 4.69) is 38.2 Å². The van der Waals surface area contributed by atoms with Crippen molar-refractivity contribution in [1.29, 1.82) is 0 Å². The maximum absolute atomic E-state index is 11.8. The molecule has 0 spiro atoms. The van der Waals surface area contributed by atoms with E-state index in [1.54, 1.807) is 0 Å². The second-order valence-corrected chi connectivity index (χ2v) is 8.48. The molecule has 2 rings (SSSR count). The zero-order valence-electron chi connectivity index (χ0n) is 20.6. The van der Waals surface area contributed by atoms with Gasteiger partial charge in [0.15, 0.2) is 6.29 Å². The van der Waals surface area contributed by atoms with Crippen molar-refractivity contribution in [3.63, 3.8) is 0 Å². The summed E-state index contributed by atoms with van der Waals surface area (Å²) in [6, 6.07) is 8.57. The Kier molecular flexibility index (Phi) is 14.1. The first-order valence-corrected chi connectivity index (χ1v) is 12.3. The lowest BCUT2D eigenvalue weighted by atomic mass is 9.88. The fourth-order valence-corrected chi connectivity index (χ4v) is 3.96. The molecule has 5 heteroatoms. The van der Waals surface area contributed by atoms with Gasteiger partial charge in [-0.15, -0.1) is 0 Å². The van der Waals surface area contributed by atoms with Crippen molar-refractivity contribution < 1.29 is 19.0 Å². The van der Waals surface area contributed by atoms with Crippen LogP contribution in [0.25, 0.3) is 0 Å². The highest BCUT2D eigenvalue weighted by atomic mass is 16.7. The van der Waals surface area contributed by atoms with Crippen molar-refractivity contribution in [1.82, 2.24) is 5.32 Å². The van der Waals surface area contributed by atoms with Crippen molar-refractivity contribution in [2.75, 3.05) is 13.2 Å². The van der Waals surface area contributed by atoms with E-state index in [0.29, 0.717) is 18.4 Å². The summed E-state index contributed by atoms with van der Waals surface area (Å²) >= 11 is 0. The van der Waals surface area contributed by atoms with Crippen molar-refractivity contribution in [2.24, 2.45) is 5.92 Å². The average molecular weight is 436 g/mol. The minimum atomic E-state index is -0.400. The number of benzene rings is 1. The van der Waals surface area contributed by atoms with E-state index in [1.165, 1.54) is 31.2 Å². The van der Waals surface area contributed by atoms with Gasteiger partial charge in [-0.3, -0.25) is 0 Å². The lowest BCUT2D eigenvalue weighted by Crippen LogP contribution is -2.37. The number of ether oxygens (including phenoxy) is 3. The molecule has 31 heavy (non-hydrogen) atoms. The van der Waals surface area contributed by atoms with Crippen LogP contribution >= 0.6 is 0 Å². The molecule has 2 unspecified atom stereocenters. The molecule has 0 heterocycles. The lowest BCUT2D eigenvalue weighted by molar-refractivity contribution is -0.0771. The monoisotopic (exact) mass is 435 g/mol. The minimum absolute atomic E-state index is 0.221. The first-order valence-electron chi connectivity index (χ1n) is 12.3. The molecule has 0 bridgehead atoms. The Labute approximate surface area is 190 Å². The molecule has 1 amide bonds. The fraction of sp³-hybridized carbons (Fsp3) is 0.731. The third kappa shape index (κ3) is 11.4. The summed E-state index contributed by atoms with van der Waals surface area (Å²) in [5.74, 6) is 2.07. The van der Waals surface area contributed by atoms with E-state index in [0.717, 1.165) is 25.0 Å². The van der Waals surface area contributed by atoms with Crippen LogP contribution in [0.3, 0.4) is 0 Å². The van der Waals surface area contributed by atoms with Crippen LogP contribution in [-0.4, -0.2) is 31.6 Å². The summed E-state index contributed by atoms with van der Waals surface area (Å²) in [6.07, 6.45) is 7.31. The van der Waals surface area contributed by atoms with Gasteiger partial charge < -0.3 is 19.5 Å². The third-order valence-corrected chi connectivity index (χ3v) is 5.50. The average Bonchev–Trinajstić information content (AvgIpc) is 2.77. The number of carbonyl (C=O) groups is 1. The van der Waals surface area contributed by atoms with Crippen LogP contribution < -0.4 is 10.1 Å². The van der Waals surface area contributed by atoms with Crippen LogP contribution in [0.1, 0.15) is 98.0 Å². The summed E-state index contributed by atoms with van der Waals surface area (Å²) in [4.78, 5) is 11.8. The molecule has 2 atom stereocenters. The summed E-state index contributed by atoms with van der Waals surface area (Å²) in [5, 5.41) is 2.93. The van der Waals surface area contributed by atoms with E-state index >= 15 is 0 Å². The van der Waals surface area contributed by atoms with Crippen LogP contribution in [-0.2, 0) is 9.47 Å². The molecule has 5 nitrogen and oxygen atoms in total. The number of alkyl carbamates (subject to hydrolysis) is 1. The zero-order valence-corrected chi connectivity index (χ0v) is 20.6. The normalized spacial score (nSPS) is 16.1. The maximum Gasteiger partial charge on any atom is 0.407 e. The van der Waals surface area contributed by atoms with Crippen molar-refractivity contribution in [2.45, 2.75) is 105 Å². The topological polar surface area (TPSA) is 56.8 Å². The van der Waals surface area contributed by atoms with Crippen LogP contribution in [0.15, 0.2) is 24.3 Å². The van der Waals surface area contributed by atoms with Gasteiger partial charge in [0.25, 0.3) is 0 Å².